The highest BCUT2D eigenvalue weighted by atomic mass is 15.2. The largest absolute Gasteiger partial charge is 0.316 e. The fourth-order valence-electron chi connectivity index (χ4n) is 8.01. The molecular weight excluding hydrogens is 761 g/mol. The maximum absolute atomic E-state index is 4.73. The molecule has 63 heavy (non-hydrogen) atoms. The monoisotopic (exact) mass is 820 g/mol. The van der Waals surface area contributed by atoms with Crippen molar-refractivity contribution in [3.63, 3.8) is 0 Å². The van der Waals surface area contributed by atoms with Crippen LogP contribution in [0, 0.1) is 0 Å². The third kappa shape index (κ3) is 10.7. The summed E-state index contributed by atoms with van der Waals surface area (Å²) in [6, 6.07) is 49.1. The van der Waals surface area contributed by atoms with Crippen LogP contribution in [0.5, 0.6) is 0 Å². The quantitative estimate of drug-likeness (QED) is 0.0456. The molecule has 0 spiro atoms. The van der Waals surface area contributed by atoms with E-state index in [4.69, 9.17) is 6.58 Å². The summed E-state index contributed by atoms with van der Waals surface area (Å²) in [5, 5.41) is 2.39. The van der Waals surface area contributed by atoms with Gasteiger partial charge in [0.2, 0.25) is 0 Å². The van der Waals surface area contributed by atoms with Gasteiger partial charge in [-0.1, -0.05) is 197 Å². The van der Waals surface area contributed by atoms with Crippen LogP contribution in [-0.2, 0) is 0 Å². The van der Waals surface area contributed by atoms with Gasteiger partial charge in [0.1, 0.15) is 0 Å². The van der Waals surface area contributed by atoms with Gasteiger partial charge < -0.3 is 9.80 Å². The smallest absolute Gasteiger partial charge is 0.0533 e. The van der Waals surface area contributed by atoms with E-state index in [-0.39, 0.29) is 0 Å². The number of para-hydroxylation sites is 1. The van der Waals surface area contributed by atoms with E-state index in [0.717, 1.165) is 81.3 Å². The summed E-state index contributed by atoms with van der Waals surface area (Å²) in [6.45, 7) is 26.3. The van der Waals surface area contributed by atoms with Crippen molar-refractivity contribution in [2.24, 2.45) is 0 Å². The Morgan fingerprint density at radius 1 is 0.587 bits per heavy atom. The number of benzene rings is 6. The minimum atomic E-state index is 0.805. The highest BCUT2D eigenvalue weighted by Gasteiger charge is 2.22. The molecule has 0 bridgehead atoms. The molecule has 2 nitrogen and oxygen atoms in total. The Labute approximate surface area is 377 Å². The lowest BCUT2D eigenvalue weighted by Crippen LogP contribution is -2.22. The maximum Gasteiger partial charge on any atom is 0.0533 e. The van der Waals surface area contributed by atoms with Gasteiger partial charge >= 0.3 is 0 Å². The van der Waals surface area contributed by atoms with Gasteiger partial charge in [-0.25, -0.2) is 0 Å². The van der Waals surface area contributed by atoms with Crippen molar-refractivity contribution in [3.8, 4) is 22.3 Å². The molecule has 0 saturated carbocycles. The fourth-order valence-corrected chi connectivity index (χ4v) is 8.01. The molecule has 314 valence electrons. The second kappa shape index (κ2) is 22.4. The standard InChI is InChI=1S/C61H60N2/c1-9-13-16-24-35-53(43-40-47(7)62(46(5)6)52-33-25-19-26-34-52)63(59(39-15-11-3)48(8)49-29-20-17-21-30-49)54-44-41-51(42-45-54)60-55(12-4)56(36-14-10-2)61(50-31-22-18-23-32-50)58-38-28-27-37-57(58)60/h9,11-15,17-23,25-45H,4-5,7-8,10,16,24H2,1-3,6H3/b13-9-,15-11-,36-14-,43-40-,53-35+,59-39+. The third-order valence-corrected chi connectivity index (χ3v) is 10.9. The molecule has 0 aliphatic heterocycles. The van der Waals surface area contributed by atoms with E-state index in [2.05, 4.69) is 219 Å². The second-order valence-electron chi connectivity index (χ2n) is 15.3. The first kappa shape index (κ1) is 45.1. The van der Waals surface area contributed by atoms with Crippen LogP contribution in [0.3, 0.4) is 0 Å². The molecule has 6 rings (SSSR count). The number of fused-ring (bicyclic) bond motifs is 1. The Bertz CT molecular complexity index is 2720. The van der Waals surface area contributed by atoms with Gasteiger partial charge in [0.15, 0.2) is 0 Å². The van der Waals surface area contributed by atoms with E-state index in [1.807, 2.05) is 44.2 Å². The van der Waals surface area contributed by atoms with Crippen molar-refractivity contribution < 1.29 is 0 Å². The van der Waals surface area contributed by atoms with Crippen molar-refractivity contribution in [3.05, 3.63) is 260 Å². The first-order valence-electron chi connectivity index (χ1n) is 21.9. The van der Waals surface area contributed by atoms with Gasteiger partial charge in [0, 0.05) is 28.5 Å². The van der Waals surface area contributed by atoms with Crippen LogP contribution in [0.1, 0.15) is 63.6 Å². The van der Waals surface area contributed by atoms with E-state index in [9.17, 15) is 0 Å². The maximum atomic E-state index is 4.73. The molecule has 0 aliphatic rings. The van der Waals surface area contributed by atoms with Crippen LogP contribution in [-0.4, -0.2) is 0 Å². The summed E-state index contributed by atoms with van der Waals surface area (Å²) in [5.74, 6) is 0. The van der Waals surface area contributed by atoms with Crippen LogP contribution in [0.25, 0.3) is 50.8 Å². The SMILES string of the molecule is C=Cc1c(/C=C\CC)c(-c2ccccc2)c2ccccc2c1-c1ccc(N(C(/C=C\C(=C)N(C(=C)C)c2ccccc2)=C/CC/C=C\C)/C(=C/C=C\C)C(=C)c2ccccc2)cc1. The minimum Gasteiger partial charge on any atom is -0.316 e. The average Bonchev–Trinajstić information content (AvgIpc) is 3.32. The number of unbranched alkanes of at least 4 members (excludes halogenated alkanes) is 1. The van der Waals surface area contributed by atoms with Crippen LogP contribution in [0.15, 0.2) is 243 Å². The summed E-state index contributed by atoms with van der Waals surface area (Å²) in [4.78, 5) is 4.41. The van der Waals surface area contributed by atoms with Gasteiger partial charge in [0.25, 0.3) is 0 Å². The number of rotatable bonds is 19. The highest BCUT2D eigenvalue weighted by molar-refractivity contribution is 6.11. The Hall–Kier alpha value is -7.42. The third-order valence-electron chi connectivity index (χ3n) is 10.9. The van der Waals surface area contributed by atoms with Crippen molar-refractivity contribution >= 4 is 39.9 Å². The normalized spacial score (nSPS) is 12.2. The number of hydrogen-bond acceptors (Lipinski definition) is 2. The van der Waals surface area contributed by atoms with Gasteiger partial charge in [0.05, 0.1) is 5.70 Å². The van der Waals surface area contributed by atoms with Gasteiger partial charge in [-0.05, 0) is 138 Å². The van der Waals surface area contributed by atoms with Crippen molar-refractivity contribution in [1.29, 1.82) is 0 Å². The Balaban J connectivity index is 1.58. The Morgan fingerprint density at radius 3 is 1.75 bits per heavy atom. The summed E-state index contributed by atoms with van der Waals surface area (Å²) < 4.78 is 0. The van der Waals surface area contributed by atoms with E-state index in [0.29, 0.717) is 0 Å². The first-order valence-corrected chi connectivity index (χ1v) is 21.9. The number of allylic oxidation sites excluding steroid dienone is 11. The zero-order chi connectivity index (χ0) is 44.6. The predicted molar refractivity (Wildman–Crippen MR) is 279 cm³/mol. The zero-order valence-electron chi connectivity index (χ0n) is 37.5. The average molecular weight is 821 g/mol. The molecule has 0 heterocycles. The number of hydrogen-bond donors (Lipinski definition) is 0. The first-order chi connectivity index (χ1) is 30.8. The molecule has 2 heteroatoms. The molecule has 0 aliphatic carbocycles. The second-order valence-corrected chi connectivity index (χ2v) is 15.3. The molecule has 6 aromatic rings. The summed E-state index contributed by atoms with van der Waals surface area (Å²) >= 11 is 0. The lowest BCUT2D eigenvalue weighted by molar-refractivity contribution is 1.02. The number of nitrogens with zero attached hydrogens (tertiary/aromatic N) is 2. The zero-order valence-corrected chi connectivity index (χ0v) is 37.5. The van der Waals surface area contributed by atoms with Gasteiger partial charge in [-0.15, -0.1) is 0 Å². The summed E-state index contributed by atoms with van der Waals surface area (Å²) in [6.07, 6.45) is 26.4. The van der Waals surface area contributed by atoms with Crippen LogP contribution in [0.4, 0.5) is 11.4 Å². The van der Waals surface area contributed by atoms with Crippen LogP contribution < -0.4 is 9.80 Å². The van der Waals surface area contributed by atoms with Gasteiger partial charge in [-0.3, -0.25) is 0 Å². The molecule has 0 N–H and O–H groups in total. The topological polar surface area (TPSA) is 6.48 Å². The van der Waals surface area contributed by atoms with Crippen molar-refractivity contribution in [1.82, 2.24) is 0 Å². The number of anilines is 2. The minimum absolute atomic E-state index is 0.805. The molecule has 6 aromatic carbocycles. The lowest BCUT2D eigenvalue weighted by Gasteiger charge is -2.31. The van der Waals surface area contributed by atoms with E-state index in [1.54, 1.807) is 0 Å². The van der Waals surface area contributed by atoms with Crippen LogP contribution >= 0.6 is 0 Å². The Morgan fingerprint density at radius 2 is 1.16 bits per heavy atom. The molecule has 0 amide bonds. The molecule has 0 saturated heterocycles. The van der Waals surface area contributed by atoms with E-state index < -0.39 is 0 Å². The highest BCUT2D eigenvalue weighted by Crippen LogP contribution is 2.44. The molecule has 0 radical (unpaired) electrons. The van der Waals surface area contributed by atoms with Crippen LogP contribution in [0.2, 0.25) is 0 Å². The summed E-state index contributed by atoms with van der Waals surface area (Å²) in [5.41, 5.74) is 14.5. The van der Waals surface area contributed by atoms with Crippen molar-refractivity contribution in [2.75, 3.05) is 9.80 Å². The van der Waals surface area contributed by atoms with E-state index in [1.165, 1.54) is 27.5 Å². The van der Waals surface area contributed by atoms with Crippen molar-refractivity contribution in [2.45, 2.75) is 47.0 Å². The molecule has 0 unspecified atom stereocenters. The van der Waals surface area contributed by atoms with Gasteiger partial charge in [-0.2, -0.15) is 0 Å². The summed E-state index contributed by atoms with van der Waals surface area (Å²) in [7, 11) is 0. The fraction of sp³-hybridized carbons (Fsp3) is 0.115. The Kier molecular flexibility index (Phi) is 16.1. The molecule has 0 aromatic heterocycles. The lowest BCUT2D eigenvalue weighted by atomic mass is 9.83. The predicted octanol–water partition coefficient (Wildman–Crippen LogP) is 17.6. The van der Waals surface area contributed by atoms with E-state index >= 15 is 0 Å². The molecule has 0 atom stereocenters. The molecule has 0 fully saturated rings. The molecular formula is C61H60N2.